The van der Waals surface area contributed by atoms with Crippen molar-refractivity contribution in [2.24, 2.45) is 10.9 Å². The summed E-state index contributed by atoms with van der Waals surface area (Å²) in [4.78, 5) is 16.7. The number of amides is 2. The normalized spacial score (nSPS) is 11.3. The molecule has 10 heteroatoms. The lowest BCUT2D eigenvalue weighted by Gasteiger charge is -2.17. The summed E-state index contributed by atoms with van der Waals surface area (Å²) in [5.41, 5.74) is 5.72. The van der Waals surface area contributed by atoms with Gasteiger partial charge in [-0.1, -0.05) is 11.3 Å². The Bertz CT molecular complexity index is 742. The SMILES string of the molecule is NC(=O)N(c1ccc(S(N)(=O)=O)cc1)c1ncc(Br)s1. The molecule has 2 rings (SSSR count). The number of halogens is 1. The standard InChI is InChI=1S/C10H9BrN4O3S2/c11-8-5-14-10(19-8)15(9(12)16)6-1-3-7(4-2-6)20(13,17)18/h1-5H,(H2,12,16)(H2,13,17,18). The van der Waals surface area contributed by atoms with E-state index in [1.165, 1.54) is 46.7 Å². The van der Waals surface area contributed by atoms with Crippen LogP contribution >= 0.6 is 27.3 Å². The molecule has 20 heavy (non-hydrogen) atoms. The highest BCUT2D eigenvalue weighted by Gasteiger charge is 2.19. The van der Waals surface area contributed by atoms with Crippen LogP contribution in [0.15, 0.2) is 39.1 Å². The number of nitrogens with zero attached hydrogens (tertiary/aromatic N) is 2. The lowest BCUT2D eigenvalue weighted by molar-refractivity contribution is 0.256. The van der Waals surface area contributed by atoms with E-state index in [9.17, 15) is 13.2 Å². The van der Waals surface area contributed by atoms with Crippen molar-refractivity contribution in [3.05, 3.63) is 34.2 Å². The van der Waals surface area contributed by atoms with Gasteiger partial charge in [0.2, 0.25) is 10.0 Å². The number of anilines is 2. The van der Waals surface area contributed by atoms with E-state index in [2.05, 4.69) is 20.9 Å². The first-order valence-electron chi connectivity index (χ1n) is 5.13. The van der Waals surface area contributed by atoms with Crippen LogP contribution in [0.2, 0.25) is 0 Å². The molecule has 1 aromatic heterocycles. The summed E-state index contributed by atoms with van der Waals surface area (Å²) in [5.74, 6) is 0. The van der Waals surface area contributed by atoms with Gasteiger partial charge in [-0.15, -0.1) is 0 Å². The third-order valence-corrected chi connectivity index (χ3v) is 4.69. The number of benzene rings is 1. The zero-order chi connectivity index (χ0) is 14.9. The van der Waals surface area contributed by atoms with E-state index in [-0.39, 0.29) is 4.90 Å². The second-order valence-electron chi connectivity index (χ2n) is 3.66. The molecule has 7 nitrogen and oxygen atoms in total. The molecule has 0 aliphatic carbocycles. The number of hydrogen-bond acceptors (Lipinski definition) is 5. The van der Waals surface area contributed by atoms with Crippen molar-refractivity contribution in [3.8, 4) is 0 Å². The molecule has 2 amide bonds. The Labute approximate surface area is 127 Å². The Morgan fingerprint density at radius 3 is 2.30 bits per heavy atom. The Balaban J connectivity index is 2.43. The van der Waals surface area contributed by atoms with Crippen LogP contribution in [0.25, 0.3) is 0 Å². The van der Waals surface area contributed by atoms with Gasteiger partial charge in [0.1, 0.15) is 0 Å². The van der Waals surface area contributed by atoms with Gasteiger partial charge in [-0.05, 0) is 40.2 Å². The first-order valence-corrected chi connectivity index (χ1v) is 8.28. The number of sulfonamides is 1. The van der Waals surface area contributed by atoms with Gasteiger partial charge in [0.25, 0.3) is 0 Å². The molecule has 0 radical (unpaired) electrons. The van der Waals surface area contributed by atoms with E-state index in [0.29, 0.717) is 10.8 Å². The number of nitrogens with two attached hydrogens (primary N) is 2. The molecule has 0 bridgehead atoms. The van der Waals surface area contributed by atoms with Gasteiger partial charge < -0.3 is 5.73 Å². The third kappa shape index (κ3) is 3.15. The number of primary sulfonamides is 1. The number of aromatic nitrogens is 1. The van der Waals surface area contributed by atoms with Crippen LogP contribution in [0, 0.1) is 0 Å². The minimum Gasteiger partial charge on any atom is -0.351 e. The molecule has 0 atom stereocenters. The van der Waals surface area contributed by atoms with E-state index < -0.39 is 16.1 Å². The minimum absolute atomic E-state index is 0.0500. The zero-order valence-electron chi connectivity index (χ0n) is 9.86. The molecule has 0 spiro atoms. The highest BCUT2D eigenvalue weighted by molar-refractivity contribution is 9.11. The maximum Gasteiger partial charge on any atom is 0.325 e. The van der Waals surface area contributed by atoms with Crippen molar-refractivity contribution < 1.29 is 13.2 Å². The van der Waals surface area contributed by atoms with Crippen LogP contribution in [-0.2, 0) is 10.0 Å². The van der Waals surface area contributed by atoms with E-state index in [1.54, 1.807) is 0 Å². The molecule has 0 saturated heterocycles. The maximum atomic E-state index is 11.5. The molecular formula is C10H9BrN4O3S2. The molecule has 106 valence electrons. The molecule has 0 saturated carbocycles. The predicted molar refractivity (Wildman–Crippen MR) is 79.4 cm³/mol. The average molecular weight is 377 g/mol. The topological polar surface area (TPSA) is 119 Å². The molecule has 0 unspecified atom stereocenters. The molecule has 4 N–H and O–H groups in total. The van der Waals surface area contributed by atoms with Crippen molar-refractivity contribution in [2.75, 3.05) is 4.90 Å². The quantitative estimate of drug-likeness (QED) is 0.847. The van der Waals surface area contributed by atoms with Crippen molar-refractivity contribution in [1.82, 2.24) is 4.98 Å². The predicted octanol–water partition coefficient (Wildman–Crippen LogP) is 1.77. The number of thiazole rings is 1. The first kappa shape index (κ1) is 14.9. The number of rotatable bonds is 3. The highest BCUT2D eigenvalue weighted by atomic mass is 79.9. The number of carbonyl (C=O) groups excluding carboxylic acids is 1. The summed E-state index contributed by atoms with van der Waals surface area (Å²) in [7, 11) is -3.78. The molecule has 0 aliphatic heterocycles. The second kappa shape index (κ2) is 5.48. The summed E-state index contributed by atoms with van der Waals surface area (Å²) in [6.07, 6.45) is 1.54. The second-order valence-corrected chi connectivity index (χ2v) is 7.61. The minimum atomic E-state index is -3.78. The van der Waals surface area contributed by atoms with Crippen LogP contribution < -0.4 is 15.8 Å². The molecule has 2 aromatic rings. The van der Waals surface area contributed by atoms with Crippen LogP contribution in [0.4, 0.5) is 15.6 Å². The maximum absolute atomic E-state index is 11.5. The lowest BCUT2D eigenvalue weighted by atomic mass is 10.3. The fourth-order valence-electron chi connectivity index (χ4n) is 1.47. The van der Waals surface area contributed by atoms with Gasteiger partial charge >= 0.3 is 6.03 Å². The molecule has 1 heterocycles. The van der Waals surface area contributed by atoms with Gasteiger partial charge in [0.15, 0.2) is 5.13 Å². The van der Waals surface area contributed by atoms with E-state index in [0.717, 1.165) is 3.79 Å². The van der Waals surface area contributed by atoms with Crippen molar-refractivity contribution in [3.63, 3.8) is 0 Å². The summed E-state index contributed by atoms with van der Waals surface area (Å²) < 4.78 is 23.1. The van der Waals surface area contributed by atoms with Crippen molar-refractivity contribution >= 4 is 54.1 Å². The number of primary amides is 1. The monoisotopic (exact) mass is 376 g/mol. The Kier molecular flexibility index (Phi) is 4.09. The third-order valence-electron chi connectivity index (χ3n) is 2.30. The summed E-state index contributed by atoms with van der Waals surface area (Å²) in [5, 5.41) is 5.38. The number of hydrogen-bond donors (Lipinski definition) is 2. The van der Waals surface area contributed by atoms with Crippen molar-refractivity contribution in [2.45, 2.75) is 4.90 Å². The Morgan fingerprint density at radius 1 is 1.30 bits per heavy atom. The van der Waals surface area contributed by atoms with E-state index in [4.69, 9.17) is 10.9 Å². The van der Waals surface area contributed by atoms with Crippen LogP contribution in [0.5, 0.6) is 0 Å². The lowest BCUT2D eigenvalue weighted by Crippen LogP contribution is -2.31. The van der Waals surface area contributed by atoms with E-state index >= 15 is 0 Å². The van der Waals surface area contributed by atoms with Gasteiger partial charge in [-0.2, -0.15) is 0 Å². The summed E-state index contributed by atoms with van der Waals surface area (Å²) >= 11 is 4.46. The van der Waals surface area contributed by atoms with Gasteiger partial charge in [0.05, 0.1) is 20.6 Å². The van der Waals surface area contributed by atoms with Crippen LogP contribution in [0.1, 0.15) is 0 Å². The molecule has 0 aliphatic rings. The van der Waals surface area contributed by atoms with Crippen LogP contribution in [-0.4, -0.2) is 19.4 Å². The average Bonchev–Trinajstić information content (AvgIpc) is 2.75. The van der Waals surface area contributed by atoms with E-state index in [1.807, 2.05) is 0 Å². The fraction of sp³-hybridized carbons (Fsp3) is 0. The first-order chi connectivity index (χ1) is 9.29. The largest absolute Gasteiger partial charge is 0.351 e. The zero-order valence-corrected chi connectivity index (χ0v) is 13.1. The van der Waals surface area contributed by atoms with Crippen LogP contribution in [0.3, 0.4) is 0 Å². The smallest absolute Gasteiger partial charge is 0.325 e. The molecule has 0 fully saturated rings. The number of carbonyl (C=O) groups is 1. The number of urea groups is 1. The summed E-state index contributed by atoms with van der Waals surface area (Å²) in [6.45, 7) is 0. The Morgan fingerprint density at radius 2 is 1.90 bits per heavy atom. The highest BCUT2D eigenvalue weighted by Crippen LogP contribution is 2.32. The fourth-order valence-corrected chi connectivity index (χ4v) is 3.19. The molecular weight excluding hydrogens is 368 g/mol. The van der Waals surface area contributed by atoms with Gasteiger partial charge in [0, 0.05) is 0 Å². The van der Waals surface area contributed by atoms with Gasteiger partial charge in [-0.25, -0.2) is 28.2 Å². The van der Waals surface area contributed by atoms with Gasteiger partial charge in [-0.3, -0.25) is 0 Å². The summed E-state index contributed by atoms with van der Waals surface area (Å²) in [6, 6.07) is 4.72. The Hall–Kier alpha value is -1.49. The van der Waals surface area contributed by atoms with Crippen molar-refractivity contribution in [1.29, 1.82) is 0 Å². The molecule has 1 aromatic carbocycles.